The number of ether oxygens (including phenoxy) is 1. The Morgan fingerprint density at radius 3 is 2.47 bits per heavy atom. The summed E-state index contributed by atoms with van der Waals surface area (Å²) < 4.78 is 6.18. The highest BCUT2D eigenvalue weighted by atomic mass is 16.5. The quantitative estimate of drug-likeness (QED) is 0.588. The first kappa shape index (κ1) is 17.0. The zero-order chi connectivity index (χ0) is 13.9. The fraction of sp³-hybridized carbons (Fsp3) is 1.00. The van der Waals surface area contributed by atoms with Crippen LogP contribution in [-0.4, -0.2) is 25.8 Å². The lowest BCUT2D eigenvalue weighted by Crippen LogP contribution is -2.44. The van der Waals surface area contributed by atoms with Gasteiger partial charge in [0.2, 0.25) is 0 Å². The molecule has 0 spiro atoms. The van der Waals surface area contributed by atoms with Gasteiger partial charge < -0.3 is 10.1 Å². The maximum atomic E-state index is 6.18. The summed E-state index contributed by atoms with van der Waals surface area (Å²) in [6, 6.07) is 0.587. The minimum Gasteiger partial charge on any atom is -0.377 e. The van der Waals surface area contributed by atoms with Crippen molar-refractivity contribution >= 4 is 0 Å². The molecule has 1 fully saturated rings. The lowest BCUT2D eigenvalue weighted by molar-refractivity contribution is -0.0108. The van der Waals surface area contributed by atoms with E-state index in [-0.39, 0.29) is 0 Å². The average Bonchev–Trinajstić information content (AvgIpc) is 2.43. The fourth-order valence-electron chi connectivity index (χ4n) is 3.34. The predicted molar refractivity (Wildman–Crippen MR) is 83.6 cm³/mol. The van der Waals surface area contributed by atoms with Crippen molar-refractivity contribution in [2.45, 2.75) is 90.2 Å². The van der Waals surface area contributed by atoms with Gasteiger partial charge in [-0.2, -0.15) is 0 Å². The van der Waals surface area contributed by atoms with Crippen LogP contribution in [0, 0.1) is 5.92 Å². The number of hydrogen-bond donors (Lipinski definition) is 1. The van der Waals surface area contributed by atoms with Crippen LogP contribution in [0.2, 0.25) is 0 Å². The molecule has 0 heterocycles. The van der Waals surface area contributed by atoms with E-state index in [1.807, 2.05) is 0 Å². The van der Waals surface area contributed by atoms with Gasteiger partial charge in [0, 0.05) is 12.6 Å². The maximum Gasteiger partial charge on any atom is 0.0730 e. The number of nitrogens with one attached hydrogen (secondary N) is 1. The van der Waals surface area contributed by atoms with Crippen LogP contribution in [0.25, 0.3) is 0 Å². The molecule has 1 rings (SSSR count). The fourth-order valence-corrected chi connectivity index (χ4v) is 3.34. The second-order valence-electron chi connectivity index (χ2n) is 6.19. The summed E-state index contributed by atoms with van der Waals surface area (Å²) in [7, 11) is 2.09. The van der Waals surface area contributed by atoms with Gasteiger partial charge in [0.05, 0.1) is 6.10 Å². The Balaban J connectivity index is 2.19. The third-order valence-corrected chi connectivity index (χ3v) is 4.55. The SMILES string of the molecule is CCCCCCCOC1CC(CCC)CCC1NC. The largest absolute Gasteiger partial charge is 0.377 e. The minimum atomic E-state index is 0.460. The van der Waals surface area contributed by atoms with E-state index in [0.29, 0.717) is 12.1 Å². The molecule has 114 valence electrons. The van der Waals surface area contributed by atoms with Crippen LogP contribution in [0.4, 0.5) is 0 Å². The first-order valence-corrected chi connectivity index (χ1v) is 8.60. The van der Waals surface area contributed by atoms with E-state index in [0.717, 1.165) is 12.5 Å². The number of rotatable bonds is 10. The summed E-state index contributed by atoms with van der Waals surface area (Å²) in [5.41, 5.74) is 0. The first-order valence-electron chi connectivity index (χ1n) is 8.60. The third-order valence-electron chi connectivity index (χ3n) is 4.55. The van der Waals surface area contributed by atoms with E-state index < -0.39 is 0 Å². The molecular formula is C17H35NO. The van der Waals surface area contributed by atoms with E-state index in [1.54, 1.807) is 0 Å². The molecule has 0 radical (unpaired) electrons. The van der Waals surface area contributed by atoms with E-state index in [4.69, 9.17) is 4.74 Å². The summed E-state index contributed by atoms with van der Waals surface area (Å²) in [6.45, 7) is 5.53. The molecule has 19 heavy (non-hydrogen) atoms. The summed E-state index contributed by atoms with van der Waals surface area (Å²) in [6.07, 6.45) is 13.8. The Morgan fingerprint density at radius 1 is 1.00 bits per heavy atom. The molecule has 1 aliphatic carbocycles. The van der Waals surface area contributed by atoms with Crippen molar-refractivity contribution in [3.63, 3.8) is 0 Å². The lowest BCUT2D eigenvalue weighted by Gasteiger charge is -2.36. The molecule has 1 aliphatic rings. The molecule has 1 N–H and O–H groups in total. The molecule has 0 amide bonds. The molecule has 0 aromatic carbocycles. The van der Waals surface area contributed by atoms with Crippen molar-refractivity contribution in [3.8, 4) is 0 Å². The van der Waals surface area contributed by atoms with Gasteiger partial charge in [-0.05, 0) is 38.6 Å². The van der Waals surface area contributed by atoms with Crippen molar-refractivity contribution in [1.29, 1.82) is 0 Å². The Kier molecular flexibility index (Phi) is 9.54. The van der Waals surface area contributed by atoms with Crippen molar-refractivity contribution in [2.24, 2.45) is 5.92 Å². The van der Waals surface area contributed by atoms with Crippen molar-refractivity contribution in [3.05, 3.63) is 0 Å². The van der Waals surface area contributed by atoms with E-state index in [1.165, 1.54) is 64.2 Å². The van der Waals surface area contributed by atoms with Gasteiger partial charge in [0.25, 0.3) is 0 Å². The van der Waals surface area contributed by atoms with Crippen molar-refractivity contribution in [1.82, 2.24) is 5.32 Å². The second-order valence-corrected chi connectivity index (χ2v) is 6.19. The zero-order valence-corrected chi connectivity index (χ0v) is 13.4. The molecule has 0 bridgehead atoms. The standard InChI is InChI=1S/C17H35NO/c1-4-6-7-8-9-13-19-17-14-15(10-5-2)11-12-16(17)18-3/h15-18H,4-14H2,1-3H3. The van der Waals surface area contributed by atoms with Crippen LogP contribution in [0.15, 0.2) is 0 Å². The van der Waals surface area contributed by atoms with Crippen LogP contribution in [0.5, 0.6) is 0 Å². The van der Waals surface area contributed by atoms with Crippen molar-refractivity contribution in [2.75, 3.05) is 13.7 Å². The van der Waals surface area contributed by atoms with E-state index >= 15 is 0 Å². The lowest BCUT2D eigenvalue weighted by atomic mass is 9.81. The molecule has 0 aliphatic heterocycles. The van der Waals surface area contributed by atoms with Gasteiger partial charge in [0.1, 0.15) is 0 Å². The highest BCUT2D eigenvalue weighted by molar-refractivity contribution is 4.84. The van der Waals surface area contributed by atoms with Gasteiger partial charge in [0.15, 0.2) is 0 Å². The van der Waals surface area contributed by atoms with Crippen molar-refractivity contribution < 1.29 is 4.74 Å². The molecule has 0 aromatic rings. The topological polar surface area (TPSA) is 21.3 Å². The summed E-state index contributed by atoms with van der Waals surface area (Å²) in [4.78, 5) is 0. The molecule has 2 nitrogen and oxygen atoms in total. The van der Waals surface area contributed by atoms with Gasteiger partial charge in [-0.1, -0.05) is 52.4 Å². The van der Waals surface area contributed by atoms with Gasteiger partial charge in [-0.3, -0.25) is 0 Å². The van der Waals surface area contributed by atoms with Crippen LogP contribution in [0.1, 0.15) is 78.1 Å². The Hall–Kier alpha value is -0.0800. The summed E-state index contributed by atoms with van der Waals surface area (Å²) >= 11 is 0. The normalized spacial score (nSPS) is 27.6. The molecule has 3 unspecified atom stereocenters. The second kappa shape index (κ2) is 10.7. The zero-order valence-electron chi connectivity index (χ0n) is 13.4. The summed E-state index contributed by atoms with van der Waals surface area (Å²) in [5, 5.41) is 3.45. The third kappa shape index (κ3) is 6.76. The molecule has 2 heteroatoms. The predicted octanol–water partition coefficient (Wildman–Crippen LogP) is 4.53. The molecule has 3 atom stereocenters. The Labute approximate surface area is 120 Å². The van der Waals surface area contributed by atoms with Crippen LogP contribution in [-0.2, 0) is 4.74 Å². The van der Waals surface area contributed by atoms with E-state index in [9.17, 15) is 0 Å². The average molecular weight is 269 g/mol. The number of likely N-dealkylation sites (N-methyl/N-ethyl adjacent to an activating group) is 1. The van der Waals surface area contributed by atoms with Crippen LogP contribution >= 0.6 is 0 Å². The highest BCUT2D eigenvalue weighted by Crippen LogP contribution is 2.30. The smallest absolute Gasteiger partial charge is 0.0730 e. The van der Waals surface area contributed by atoms with Crippen LogP contribution < -0.4 is 5.32 Å². The monoisotopic (exact) mass is 269 g/mol. The van der Waals surface area contributed by atoms with Gasteiger partial charge in [-0.15, -0.1) is 0 Å². The first-order chi connectivity index (χ1) is 9.31. The summed E-state index contributed by atoms with van der Waals surface area (Å²) in [5.74, 6) is 0.902. The molecule has 0 aromatic heterocycles. The van der Waals surface area contributed by atoms with Gasteiger partial charge >= 0.3 is 0 Å². The molecule has 1 saturated carbocycles. The van der Waals surface area contributed by atoms with E-state index in [2.05, 4.69) is 26.2 Å². The number of hydrogen-bond acceptors (Lipinski definition) is 2. The van der Waals surface area contributed by atoms with Crippen LogP contribution in [0.3, 0.4) is 0 Å². The molecule has 0 saturated heterocycles. The maximum absolute atomic E-state index is 6.18. The Bertz CT molecular complexity index is 207. The minimum absolute atomic E-state index is 0.460. The number of unbranched alkanes of at least 4 members (excludes halogenated alkanes) is 4. The van der Waals surface area contributed by atoms with Gasteiger partial charge in [-0.25, -0.2) is 0 Å². The highest BCUT2D eigenvalue weighted by Gasteiger charge is 2.29. The molecular weight excluding hydrogens is 234 g/mol. The Morgan fingerprint density at radius 2 is 1.79 bits per heavy atom.